The number of nitrogens with zero attached hydrogens (tertiary/aromatic N) is 1. The number of nitrogens with two attached hydrogens (primary N) is 1. The Morgan fingerprint density at radius 2 is 1.20 bits per heavy atom. The lowest BCUT2D eigenvalue weighted by Gasteiger charge is -2.48. The highest BCUT2D eigenvalue weighted by Gasteiger charge is 2.44. The molecule has 0 fully saturated rings. The molecule has 5 N–H and O–H groups in total. The van der Waals surface area contributed by atoms with Gasteiger partial charge in [-0.1, -0.05) is 0 Å². The van der Waals surface area contributed by atoms with Crippen LogP contribution in [0.1, 0.15) is 41.5 Å². The van der Waals surface area contributed by atoms with Gasteiger partial charge in [0.2, 0.25) is 0 Å². The van der Waals surface area contributed by atoms with E-state index >= 15 is 0 Å². The van der Waals surface area contributed by atoms with E-state index in [9.17, 15) is 15.3 Å². The molecule has 0 aliphatic rings. The Morgan fingerprint density at radius 1 is 0.933 bits per heavy atom. The van der Waals surface area contributed by atoms with Crippen LogP contribution in [0, 0.1) is 0 Å². The molecule has 0 spiro atoms. The molecule has 5 nitrogen and oxygen atoms in total. The lowest BCUT2D eigenvalue weighted by molar-refractivity contribution is -0.268. The van der Waals surface area contributed by atoms with Crippen LogP contribution >= 0.6 is 0 Å². The Kier molecular flexibility index (Phi) is 3.94. The van der Waals surface area contributed by atoms with Gasteiger partial charge < -0.3 is 21.1 Å². The first-order valence-electron chi connectivity index (χ1n) is 4.99. The smallest absolute Gasteiger partial charge is 0.129 e. The number of hydrogen-bond acceptors (Lipinski definition) is 5. The first-order valence-corrected chi connectivity index (χ1v) is 4.99. The summed E-state index contributed by atoms with van der Waals surface area (Å²) in [4.78, 5) is 1.17. The van der Waals surface area contributed by atoms with Crippen molar-refractivity contribution in [3.8, 4) is 0 Å². The Labute approximate surface area is 91.5 Å². The molecule has 15 heavy (non-hydrogen) atoms. The zero-order chi connectivity index (χ0) is 12.7. The van der Waals surface area contributed by atoms with Gasteiger partial charge in [-0.2, -0.15) is 0 Å². The molecule has 0 aromatic rings. The lowest BCUT2D eigenvalue weighted by atomic mass is 9.99. The molecule has 0 aliphatic carbocycles. The fraction of sp³-hybridized carbons (Fsp3) is 1.00. The van der Waals surface area contributed by atoms with Crippen molar-refractivity contribution in [1.29, 1.82) is 0 Å². The van der Waals surface area contributed by atoms with Crippen molar-refractivity contribution in [2.45, 2.75) is 64.8 Å². The van der Waals surface area contributed by atoms with E-state index < -0.39 is 23.2 Å². The van der Waals surface area contributed by atoms with Crippen LogP contribution in [0.15, 0.2) is 0 Å². The summed E-state index contributed by atoms with van der Waals surface area (Å²) < 4.78 is 0. The second-order valence-electron chi connectivity index (χ2n) is 5.55. The van der Waals surface area contributed by atoms with Gasteiger partial charge in [-0.05, 0) is 41.5 Å². The molecule has 92 valence electrons. The van der Waals surface area contributed by atoms with Crippen molar-refractivity contribution in [2.75, 3.05) is 0 Å². The third-order valence-corrected chi connectivity index (χ3v) is 2.09. The monoisotopic (exact) mass is 220 g/mol. The van der Waals surface area contributed by atoms with Crippen molar-refractivity contribution in [2.24, 2.45) is 5.73 Å². The maximum Gasteiger partial charge on any atom is 0.129 e. The first-order chi connectivity index (χ1) is 6.28. The lowest BCUT2D eigenvalue weighted by Crippen LogP contribution is -2.67. The molecule has 0 heterocycles. The second kappa shape index (κ2) is 3.99. The van der Waals surface area contributed by atoms with E-state index in [2.05, 4.69) is 0 Å². The fourth-order valence-electron chi connectivity index (χ4n) is 1.60. The van der Waals surface area contributed by atoms with Gasteiger partial charge in [0, 0.05) is 0 Å². The molecule has 5 heteroatoms. The van der Waals surface area contributed by atoms with Crippen LogP contribution in [0.5, 0.6) is 0 Å². The van der Waals surface area contributed by atoms with Crippen LogP contribution in [0.4, 0.5) is 0 Å². The molecule has 1 unspecified atom stereocenters. The van der Waals surface area contributed by atoms with E-state index in [0.717, 1.165) is 0 Å². The van der Waals surface area contributed by atoms with Crippen molar-refractivity contribution in [1.82, 2.24) is 4.90 Å². The van der Waals surface area contributed by atoms with Crippen molar-refractivity contribution < 1.29 is 15.3 Å². The number of hydrogen-bond donors (Lipinski definition) is 4. The van der Waals surface area contributed by atoms with Crippen LogP contribution in [-0.4, -0.2) is 43.4 Å². The van der Waals surface area contributed by atoms with Gasteiger partial charge in [-0.3, -0.25) is 0 Å². The van der Waals surface area contributed by atoms with Gasteiger partial charge in [0.25, 0.3) is 0 Å². The zero-order valence-corrected chi connectivity index (χ0v) is 10.4. The fourth-order valence-corrected chi connectivity index (χ4v) is 1.60. The Balaban J connectivity index is 5.16. The molecule has 0 bridgehead atoms. The van der Waals surface area contributed by atoms with Crippen molar-refractivity contribution in [3.05, 3.63) is 0 Å². The highest BCUT2D eigenvalue weighted by molar-refractivity contribution is 4.90. The minimum absolute atomic E-state index is 0.944. The molecule has 0 aliphatic heterocycles. The molecular weight excluding hydrogens is 196 g/mol. The Hall–Kier alpha value is -0.200. The normalized spacial score (nSPS) is 17.0. The molecule has 0 amide bonds. The van der Waals surface area contributed by atoms with E-state index in [4.69, 9.17) is 5.73 Å². The van der Waals surface area contributed by atoms with Crippen LogP contribution in [0.25, 0.3) is 0 Å². The summed E-state index contributed by atoms with van der Waals surface area (Å²) in [5.74, 6) is 0. The third-order valence-electron chi connectivity index (χ3n) is 2.09. The highest BCUT2D eigenvalue weighted by Crippen LogP contribution is 2.27. The van der Waals surface area contributed by atoms with Crippen LogP contribution in [0.2, 0.25) is 0 Å². The van der Waals surface area contributed by atoms with Crippen molar-refractivity contribution in [3.63, 3.8) is 0 Å². The van der Waals surface area contributed by atoms with Gasteiger partial charge >= 0.3 is 0 Å². The summed E-state index contributed by atoms with van der Waals surface area (Å²) in [5, 5.41) is 29.8. The summed E-state index contributed by atoms with van der Waals surface area (Å²) in [6.07, 6.45) is -1.16. The molecule has 0 rings (SSSR count). The number of aliphatic hydroxyl groups excluding tert-OH is 1. The van der Waals surface area contributed by atoms with E-state index in [-0.39, 0.29) is 0 Å². The Morgan fingerprint density at radius 3 is 1.27 bits per heavy atom. The quantitative estimate of drug-likeness (QED) is 0.493. The maximum atomic E-state index is 10.00. The minimum atomic E-state index is -1.37. The van der Waals surface area contributed by atoms with E-state index in [1.807, 2.05) is 0 Å². The summed E-state index contributed by atoms with van der Waals surface area (Å²) in [6.45, 7) is 9.20. The number of aliphatic hydroxyl groups is 3. The molecule has 0 radical (unpaired) electrons. The molecule has 0 aromatic heterocycles. The minimum Gasteiger partial charge on any atom is -0.376 e. The summed E-state index contributed by atoms with van der Waals surface area (Å²) in [7, 11) is 0. The molecule has 0 saturated carbocycles. The number of rotatable bonds is 4. The van der Waals surface area contributed by atoms with Gasteiger partial charge in [-0.25, -0.2) is 4.90 Å². The maximum absolute atomic E-state index is 10.00. The standard InChI is InChI=1S/C10H24N2O3/c1-8(2,11)7(13)12(9(3,4)14)10(5,6)15/h7,13-15H,11H2,1-6H3. The van der Waals surface area contributed by atoms with Crippen LogP contribution in [0.3, 0.4) is 0 Å². The van der Waals surface area contributed by atoms with Gasteiger partial charge in [0.05, 0.1) is 5.54 Å². The summed E-state index contributed by atoms with van der Waals surface area (Å²) >= 11 is 0. The Bertz CT molecular complexity index is 196. The van der Waals surface area contributed by atoms with E-state index in [1.165, 1.54) is 32.6 Å². The predicted octanol–water partition coefficient (Wildman–Crippen LogP) is -0.199. The average Bonchev–Trinajstić information content (AvgIpc) is 1.76. The highest BCUT2D eigenvalue weighted by atomic mass is 16.4. The molecule has 1 atom stereocenters. The zero-order valence-electron chi connectivity index (χ0n) is 10.4. The SMILES string of the molecule is CC(C)(N)C(O)N(C(C)(C)O)C(C)(C)O. The molecule has 0 saturated heterocycles. The second-order valence-corrected chi connectivity index (χ2v) is 5.55. The largest absolute Gasteiger partial charge is 0.376 e. The molecule has 0 aromatic carbocycles. The predicted molar refractivity (Wildman–Crippen MR) is 58.7 cm³/mol. The molecular formula is C10H24N2O3. The van der Waals surface area contributed by atoms with Gasteiger partial charge in [-0.15, -0.1) is 0 Å². The van der Waals surface area contributed by atoms with Crippen molar-refractivity contribution >= 4 is 0 Å². The van der Waals surface area contributed by atoms with E-state index in [1.54, 1.807) is 13.8 Å². The van der Waals surface area contributed by atoms with Gasteiger partial charge in [0.1, 0.15) is 17.7 Å². The topological polar surface area (TPSA) is 90.0 Å². The van der Waals surface area contributed by atoms with Crippen LogP contribution < -0.4 is 5.73 Å². The van der Waals surface area contributed by atoms with E-state index in [0.29, 0.717) is 0 Å². The van der Waals surface area contributed by atoms with Gasteiger partial charge in [0.15, 0.2) is 0 Å². The first kappa shape index (κ1) is 14.8. The third kappa shape index (κ3) is 4.04. The summed E-state index contributed by atoms with van der Waals surface area (Å²) in [6, 6.07) is 0. The average molecular weight is 220 g/mol. The summed E-state index contributed by atoms with van der Waals surface area (Å²) in [5.41, 5.74) is 2.08. The van der Waals surface area contributed by atoms with Crippen LogP contribution in [-0.2, 0) is 0 Å².